The lowest BCUT2D eigenvalue weighted by molar-refractivity contribution is 0.377. The maximum atomic E-state index is 4.48. The molecule has 2 aromatic rings. The third-order valence-corrected chi connectivity index (χ3v) is 3.27. The summed E-state index contributed by atoms with van der Waals surface area (Å²) >= 11 is 0. The summed E-state index contributed by atoms with van der Waals surface area (Å²) in [5.74, 6) is 0. The molecule has 18 heavy (non-hydrogen) atoms. The molecule has 0 saturated carbocycles. The van der Waals surface area contributed by atoms with Gasteiger partial charge >= 0.3 is 0 Å². The third-order valence-electron chi connectivity index (χ3n) is 3.27. The number of likely N-dealkylation sites (N-methyl/N-ethyl adjacent to an activating group) is 1. The van der Waals surface area contributed by atoms with Gasteiger partial charge in [-0.2, -0.15) is 5.10 Å². The molecule has 2 rings (SSSR count). The number of hydrogen-bond acceptors (Lipinski definition) is 2. The number of aromatic nitrogens is 2. The van der Waals surface area contributed by atoms with Gasteiger partial charge in [0.15, 0.2) is 0 Å². The van der Waals surface area contributed by atoms with Crippen LogP contribution >= 0.6 is 0 Å². The van der Waals surface area contributed by atoms with E-state index in [-0.39, 0.29) is 5.41 Å². The summed E-state index contributed by atoms with van der Waals surface area (Å²) in [6.07, 6.45) is 1.96. The van der Waals surface area contributed by atoms with Gasteiger partial charge in [0.2, 0.25) is 0 Å². The minimum Gasteiger partial charge on any atom is -0.308 e. The molecule has 0 spiro atoms. The van der Waals surface area contributed by atoms with Gasteiger partial charge in [-0.1, -0.05) is 32.9 Å². The van der Waals surface area contributed by atoms with Crippen molar-refractivity contribution in [2.75, 3.05) is 20.6 Å². The highest BCUT2D eigenvalue weighted by Gasteiger charge is 2.15. The number of fused-ring (bicyclic) bond motifs is 1. The first kappa shape index (κ1) is 13.1. The molecule has 0 amide bonds. The van der Waals surface area contributed by atoms with Crippen LogP contribution in [-0.2, 0) is 12.0 Å². The third kappa shape index (κ3) is 2.72. The van der Waals surface area contributed by atoms with Crippen LogP contribution in [0.5, 0.6) is 0 Å². The number of benzene rings is 1. The van der Waals surface area contributed by atoms with Crippen molar-refractivity contribution >= 4 is 10.9 Å². The Morgan fingerprint density at radius 3 is 2.56 bits per heavy atom. The van der Waals surface area contributed by atoms with Crippen LogP contribution in [0.3, 0.4) is 0 Å². The van der Waals surface area contributed by atoms with Crippen molar-refractivity contribution < 1.29 is 0 Å². The lowest BCUT2D eigenvalue weighted by atomic mass is 9.87. The quantitative estimate of drug-likeness (QED) is 0.829. The highest BCUT2D eigenvalue weighted by Crippen LogP contribution is 2.25. The molecular weight excluding hydrogens is 222 g/mol. The smallest absolute Gasteiger partial charge is 0.0685 e. The summed E-state index contributed by atoms with van der Waals surface area (Å²) < 4.78 is 2.10. The highest BCUT2D eigenvalue weighted by atomic mass is 15.3. The SMILES string of the molecule is CN(C)CCn1ncc2ccc(C(C)(C)C)cc21. The van der Waals surface area contributed by atoms with E-state index in [9.17, 15) is 0 Å². The zero-order valence-electron chi connectivity index (χ0n) is 12.1. The van der Waals surface area contributed by atoms with Crippen LogP contribution in [0.2, 0.25) is 0 Å². The van der Waals surface area contributed by atoms with Gasteiger partial charge in [-0.05, 0) is 31.1 Å². The zero-order chi connectivity index (χ0) is 13.3. The van der Waals surface area contributed by atoms with E-state index < -0.39 is 0 Å². The molecule has 0 bridgehead atoms. The Morgan fingerprint density at radius 1 is 1.22 bits per heavy atom. The predicted molar refractivity (Wildman–Crippen MR) is 77.0 cm³/mol. The predicted octanol–water partition coefficient (Wildman–Crippen LogP) is 2.90. The minimum absolute atomic E-state index is 0.185. The van der Waals surface area contributed by atoms with Gasteiger partial charge in [-0.25, -0.2) is 0 Å². The summed E-state index contributed by atoms with van der Waals surface area (Å²) in [6.45, 7) is 8.68. The van der Waals surface area contributed by atoms with Gasteiger partial charge in [0.1, 0.15) is 0 Å². The van der Waals surface area contributed by atoms with Crippen LogP contribution in [-0.4, -0.2) is 35.3 Å². The average molecular weight is 245 g/mol. The van der Waals surface area contributed by atoms with Crippen molar-refractivity contribution in [2.45, 2.75) is 32.7 Å². The molecule has 0 radical (unpaired) electrons. The Labute approximate surface area is 109 Å². The number of nitrogens with zero attached hydrogens (tertiary/aromatic N) is 3. The van der Waals surface area contributed by atoms with E-state index in [1.807, 2.05) is 6.20 Å². The molecule has 0 N–H and O–H groups in total. The van der Waals surface area contributed by atoms with Crippen molar-refractivity contribution in [3.8, 4) is 0 Å². The summed E-state index contributed by atoms with van der Waals surface area (Å²) in [5, 5.41) is 5.70. The maximum Gasteiger partial charge on any atom is 0.0685 e. The molecule has 1 aromatic carbocycles. The van der Waals surface area contributed by atoms with Crippen LogP contribution in [0.4, 0.5) is 0 Å². The highest BCUT2D eigenvalue weighted by molar-refractivity contribution is 5.79. The normalized spacial score (nSPS) is 12.6. The van der Waals surface area contributed by atoms with Crippen molar-refractivity contribution in [1.82, 2.24) is 14.7 Å². The molecule has 0 aliphatic heterocycles. The fourth-order valence-corrected chi connectivity index (χ4v) is 2.01. The topological polar surface area (TPSA) is 21.1 Å². The molecule has 0 unspecified atom stereocenters. The van der Waals surface area contributed by atoms with E-state index in [1.54, 1.807) is 0 Å². The zero-order valence-corrected chi connectivity index (χ0v) is 12.1. The summed E-state index contributed by atoms with van der Waals surface area (Å²) in [4.78, 5) is 2.18. The van der Waals surface area contributed by atoms with Crippen LogP contribution in [0, 0.1) is 0 Å². The molecular formula is C15H23N3. The van der Waals surface area contributed by atoms with Gasteiger partial charge in [0.25, 0.3) is 0 Å². The maximum absolute atomic E-state index is 4.48. The molecule has 98 valence electrons. The first-order valence-corrected chi connectivity index (χ1v) is 6.49. The Morgan fingerprint density at radius 2 is 1.94 bits per heavy atom. The second-order valence-electron chi connectivity index (χ2n) is 6.19. The number of rotatable bonds is 3. The van der Waals surface area contributed by atoms with E-state index in [0.29, 0.717) is 0 Å². The van der Waals surface area contributed by atoms with Crippen molar-refractivity contribution in [3.63, 3.8) is 0 Å². The van der Waals surface area contributed by atoms with Gasteiger partial charge in [0, 0.05) is 11.9 Å². The molecule has 1 heterocycles. The van der Waals surface area contributed by atoms with Crippen molar-refractivity contribution in [2.24, 2.45) is 0 Å². The molecule has 0 aliphatic rings. The van der Waals surface area contributed by atoms with Crippen LogP contribution in [0.25, 0.3) is 10.9 Å². The van der Waals surface area contributed by atoms with E-state index in [1.165, 1.54) is 16.5 Å². The summed E-state index contributed by atoms with van der Waals surface area (Å²) in [6, 6.07) is 6.66. The average Bonchev–Trinajstić information content (AvgIpc) is 2.67. The number of hydrogen-bond donors (Lipinski definition) is 0. The van der Waals surface area contributed by atoms with E-state index in [4.69, 9.17) is 0 Å². The summed E-state index contributed by atoms with van der Waals surface area (Å²) in [5.41, 5.74) is 2.79. The Kier molecular flexibility index (Phi) is 3.44. The second-order valence-corrected chi connectivity index (χ2v) is 6.19. The molecule has 3 nitrogen and oxygen atoms in total. The monoisotopic (exact) mass is 245 g/mol. The first-order valence-electron chi connectivity index (χ1n) is 6.49. The Bertz CT molecular complexity index is 532. The first-order chi connectivity index (χ1) is 8.38. The molecule has 1 aromatic heterocycles. The lowest BCUT2D eigenvalue weighted by Gasteiger charge is -2.19. The molecule has 0 fully saturated rings. The molecule has 3 heteroatoms. The molecule has 0 aliphatic carbocycles. The fraction of sp³-hybridized carbons (Fsp3) is 0.533. The van der Waals surface area contributed by atoms with Gasteiger partial charge in [-0.3, -0.25) is 4.68 Å². The van der Waals surface area contributed by atoms with Crippen LogP contribution in [0.15, 0.2) is 24.4 Å². The largest absolute Gasteiger partial charge is 0.308 e. The fourth-order valence-electron chi connectivity index (χ4n) is 2.01. The van der Waals surface area contributed by atoms with E-state index in [2.05, 4.69) is 67.7 Å². The second kappa shape index (κ2) is 4.73. The van der Waals surface area contributed by atoms with E-state index >= 15 is 0 Å². The van der Waals surface area contributed by atoms with E-state index in [0.717, 1.165) is 13.1 Å². The molecule has 0 saturated heterocycles. The van der Waals surface area contributed by atoms with Gasteiger partial charge in [0.05, 0.1) is 18.3 Å². The lowest BCUT2D eigenvalue weighted by Crippen LogP contribution is -2.19. The van der Waals surface area contributed by atoms with Gasteiger partial charge < -0.3 is 4.90 Å². The molecule has 0 atom stereocenters. The summed E-state index contributed by atoms with van der Waals surface area (Å²) in [7, 11) is 4.18. The van der Waals surface area contributed by atoms with Crippen LogP contribution < -0.4 is 0 Å². The van der Waals surface area contributed by atoms with Crippen molar-refractivity contribution in [1.29, 1.82) is 0 Å². The minimum atomic E-state index is 0.185. The standard InChI is InChI=1S/C15H23N3/c1-15(2,3)13-7-6-12-11-16-18(14(12)10-13)9-8-17(4)5/h6-7,10-11H,8-9H2,1-5H3. The van der Waals surface area contributed by atoms with Crippen LogP contribution in [0.1, 0.15) is 26.3 Å². The Hall–Kier alpha value is -1.35. The Balaban J connectivity index is 2.37. The van der Waals surface area contributed by atoms with Gasteiger partial charge in [-0.15, -0.1) is 0 Å². The van der Waals surface area contributed by atoms with Crippen molar-refractivity contribution in [3.05, 3.63) is 30.0 Å².